The lowest BCUT2D eigenvalue weighted by Crippen LogP contribution is -2.39. The van der Waals surface area contributed by atoms with E-state index in [2.05, 4.69) is 0 Å². The van der Waals surface area contributed by atoms with Crippen molar-refractivity contribution in [1.82, 2.24) is 0 Å². The van der Waals surface area contributed by atoms with Crippen LogP contribution in [-0.2, 0) is 4.79 Å². The number of hydrogen-bond donors (Lipinski definition) is 0. The van der Waals surface area contributed by atoms with Crippen molar-refractivity contribution in [3.63, 3.8) is 0 Å². The Balaban J connectivity index is 2.78. The van der Waals surface area contributed by atoms with Crippen molar-refractivity contribution in [3.8, 4) is 0 Å². The predicted molar refractivity (Wildman–Crippen MR) is 42.2 cm³/mol. The van der Waals surface area contributed by atoms with Gasteiger partial charge in [0, 0.05) is 6.42 Å². The minimum Gasteiger partial charge on any atom is -0.299 e. The van der Waals surface area contributed by atoms with E-state index in [9.17, 15) is 18.0 Å². The zero-order valence-electron chi connectivity index (χ0n) is 7.74. The molecule has 1 unspecified atom stereocenters. The van der Waals surface area contributed by atoms with Crippen LogP contribution >= 0.6 is 0 Å². The summed E-state index contributed by atoms with van der Waals surface area (Å²) in [7, 11) is 0. The fourth-order valence-electron chi connectivity index (χ4n) is 1.70. The Bertz CT molecular complexity index is 217. The Hall–Kier alpha value is -0.540. The highest BCUT2D eigenvalue weighted by molar-refractivity contribution is 5.82. The number of alkyl halides is 3. The molecule has 0 amide bonds. The second-order valence-electron chi connectivity index (χ2n) is 4.43. The van der Waals surface area contributed by atoms with E-state index in [0.717, 1.165) is 0 Å². The topological polar surface area (TPSA) is 17.1 Å². The first kappa shape index (κ1) is 10.5. The Morgan fingerprint density at radius 1 is 1.38 bits per heavy atom. The monoisotopic (exact) mass is 194 g/mol. The summed E-state index contributed by atoms with van der Waals surface area (Å²) < 4.78 is 36.9. The number of halogens is 3. The van der Waals surface area contributed by atoms with Gasteiger partial charge in [0.2, 0.25) is 0 Å². The highest BCUT2D eigenvalue weighted by atomic mass is 19.4. The molecule has 1 aliphatic rings. The number of carbonyl (C=O) groups excluding carboxylic acids is 1. The third-order valence-corrected chi connectivity index (χ3v) is 2.59. The minimum absolute atomic E-state index is 0.0602. The largest absolute Gasteiger partial charge is 0.398 e. The molecule has 1 rings (SSSR count). The maximum Gasteiger partial charge on any atom is 0.398 e. The molecule has 0 N–H and O–H groups in total. The molecule has 4 heteroatoms. The first-order valence-corrected chi connectivity index (χ1v) is 4.32. The number of rotatable bonds is 0. The average molecular weight is 194 g/mol. The van der Waals surface area contributed by atoms with Crippen LogP contribution in [0.3, 0.4) is 0 Å². The molecule has 1 fully saturated rings. The Morgan fingerprint density at radius 2 is 1.92 bits per heavy atom. The zero-order chi connectivity index (χ0) is 10.3. The van der Waals surface area contributed by atoms with Gasteiger partial charge in [-0.1, -0.05) is 13.8 Å². The van der Waals surface area contributed by atoms with Crippen LogP contribution in [0.4, 0.5) is 13.2 Å². The van der Waals surface area contributed by atoms with E-state index in [-0.39, 0.29) is 18.3 Å². The van der Waals surface area contributed by atoms with Crippen molar-refractivity contribution in [2.75, 3.05) is 0 Å². The smallest absolute Gasteiger partial charge is 0.299 e. The second-order valence-corrected chi connectivity index (χ2v) is 4.43. The van der Waals surface area contributed by atoms with Crippen LogP contribution in [0.25, 0.3) is 0 Å². The van der Waals surface area contributed by atoms with Crippen LogP contribution in [0.15, 0.2) is 0 Å². The Labute approximate surface area is 75.3 Å². The van der Waals surface area contributed by atoms with Crippen LogP contribution in [0.2, 0.25) is 0 Å². The molecule has 0 radical (unpaired) electrons. The molecule has 1 nitrogen and oxygen atoms in total. The molecule has 0 aromatic rings. The van der Waals surface area contributed by atoms with Crippen LogP contribution in [0.5, 0.6) is 0 Å². The van der Waals surface area contributed by atoms with Crippen LogP contribution < -0.4 is 0 Å². The molecule has 1 atom stereocenters. The van der Waals surface area contributed by atoms with Gasteiger partial charge in [-0.3, -0.25) is 4.79 Å². The zero-order valence-corrected chi connectivity index (χ0v) is 7.74. The van der Waals surface area contributed by atoms with Gasteiger partial charge in [-0.15, -0.1) is 0 Å². The van der Waals surface area contributed by atoms with Crippen LogP contribution in [0, 0.1) is 11.3 Å². The summed E-state index contributed by atoms with van der Waals surface area (Å²) in [5, 5.41) is 0. The Morgan fingerprint density at radius 3 is 2.31 bits per heavy atom. The number of Topliss-reactive ketones (excluding diaryl/α,β-unsaturated/α-hetero) is 1. The summed E-state index contributed by atoms with van der Waals surface area (Å²) in [5.41, 5.74) is -0.353. The van der Waals surface area contributed by atoms with Gasteiger partial charge < -0.3 is 0 Å². The average Bonchev–Trinajstić information content (AvgIpc) is 1.92. The van der Waals surface area contributed by atoms with E-state index in [1.807, 2.05) is 0 Å². The molecule has 13 heavy (non-hydrogen) atoms. The van der Waals surface area contributed by atoms with Crippen molar-refractivity contribution >= 4 is 5.78 Å². The summed E-state index contributed by atoms with van der Waals surface area (Å²) in [6, 6.07) is 0. The third-order valence-electron chi connectivity index (χ3n) is 2.59. The predicted octanol–water partition coefficient (Wildman–Crippen LogP) is 2.94. The highest BCUT2D eigenvalue weighted by Gasteiger charge is 2.49. The van der Waals surface area contributed by atoms with E-state index in [4.69, 9.17) is 0 Å². The summed E-state index contributed by atoms with van der Waals surface area (Å²) >= 11 is 0. The molecule has 0 aromatic heterocycles. The van der Waals surface area contributed by atoms with Crippen molar-refractivity contribution in [3.05, 3.63) is 0 Å². The molecule has 76 valence electrons. The summed E-state index contributed by atoms with van der Waals surface area (Å²) in [6.07, 6.45) is -3.78. The van der Waals surface area contributed by atoms with Gasteiger partial charge in [0.25, 0.3) is 0 Å². The van der Waals surface area contributed by atoms with Gasteiger partial charge in [0.05, 0.1) is 0 Å². The summed E-state index contributed by atoms with van der Waals surface area (Å²) in [5.74, 6) is -2.37. The quantitative estimate of drug-likeness (QED) is 0.579. The van der Waals surface area contributed by atoms with E-state index in [0.29, 0.717) is 6.42 Å². The number of ketones is 1. The fraction of sp³-hybridized carbons (Fsp3) is 0.889. The van der Waals surface area contributed by atoms with Crippen molar-refractivity contribution in [2.24, 2.45) is 11.3 Å². The number of hydrogen-bond acceptors (Lipinski definition) is 1. The van der Waals surface area contributed by atoms with Crippen LogP contribution in [-0.4, -0.2) is 12.0 Å². The van der Waals surface area contributed by atoms with Gasteiger partial charge in [0.15, 0.2) is 0 Å². The van der Waals surface area contributed by atoms with E-state index in [1.165, 1.54) is 0 Å². The van der Waals surface area contributed by atoms with E-state index >= 15 is 0 Å². The van der Waals surface area contributed by atoms with Gasteiger partial charge >= 0.3 is 6.18 Å². The molecule has 0 spiro atoms. The lowest BCUT2D eigenvalue weighted by Gasteiger charge is -2.34. The van der Waals surface area contributed by atoms with Crippen molar-refractivity contribution < 1.29 is 18.0 Å². The molecule has 0 saturated heterocycles. The van der Waals surface area contributed by atoms with Crippen molar-refractivity contribution in [1.29, 1.82) is 0 Å². The summed E-state index contributed by atoms with van der Waals surface area (Å²) in [6.45, 7) is 3.55. The Kier molecular flexibility index (Phi) is 2.43. The van der Waals surface area contributed by atoms with Gasteiger partial charge in [-0.2, -0.15) is 13.2 Å². The fourth-order valence-corrected chi connectivity index (χ4v) is 1.70. The van der Waals surface area contributed by atoms with Gasteiger partial charge in [0.1, 0.15) is 11.7 Å². The van der Waals surface area contributed by atoms with Gasteiger partial charge in [-0.25, -0.2) is 0 Å². The molecule has 0 aromatic carbocycles. The van der Waals surface area contributed by atoms with Crippen molar-refractivity contribution in [2.45, 2.75) is 39.3 Å². The van der Waals surface area contributed by atoms with Crippen LogP contribution in [0.1, 0.15) is 33.1 Å². The molecular formula is C9H13F3O. The first-order chi connectivity index (χ1) is 5.72. The molecule has 1 aliphatic carbocycles. The van der Waals surface area contributed by atoms with E-state index < -0.39 is 17.9 Å². The number of carbonyl (C=O) groups is 1. The maximum atomic E-state index is 12.3. The molecule has 0 bridgehead atoms. The molecule has 0 aliphatic heterocycles. The molecule has 0 heterocycles. The lowest BCUT2D eigenvalue weighted by atomic mass is 9.71. The van der Waals surface area contributed by atoms with Gasteiger partial charge in [-0.05, 0) is 18.3 Å². The molecule has 1 saturated carbocycles. The summed E-state index contributed by atoms with van der Waals surface area (Å²) in [4.78, 5) is 11.0. The highest BCUT2D eigenvalue weighted by Crippen LogP contribution is 2.43. The molecular weight excluding hydrogens is 181 g/mol. The van der Waals surface area contributed by atoms with E-state index in [1.54, 1.807) is 13.8 Å². The first-order valence-electron chi connectivity index (χ1n) is 4.32. The maximum absolute atomic E-state index is 12.3. The third kappa shape index (κ3) is 2.45. The normalized spacial score (nSPS) is 29.0. The standard InChI is InChI=1S/C9H13F3O/c1-8(2)4-3-7(13)6(5-8)9(10,11)12/h6H,3-5H2,1-2H3. The SMILES string of the molecule is CC1(C)CCC(=O)C(C(F)(F)F)C1. The minimum atomic E-state index is -4.35. The second kappa shape index (κ2) is 3.00. The lowest BCUT2D eigenvalue weighted by molar-refractivity contribution is -0.192.